The van der Waals surface area contributed by atoms with E-state index in [1.54, 1.807) is 6.08 Å². The zero-order valence-electron chi connectivity index (χ0n) is 16.8. The van der Waals surface area contributed by atoms with Crippen molar-refractivity contribution in [2.45, 2.75) is 52.6 Å². The van der Waals surface area contributed by atoms with Crippen LogP contribution in [0.25, 0.3) is 0 Å². The minimum Gasteiger partial charge on any atom is -0.344 e. The number of carbonyl (C=O) groups is 1. The zero-order chi connectivity index (χ0) is 21.3. The summed E-state index contributed by atoms with van der Waals surface area (Å²) in [5.74, 6) is 0.0750. The lowest BCUT2D eigenvalue weighted by atomic mass is 9.83. The summed E-state index contributed by atoms with van der Waals surface area (Å²) in [7, 11) is 0. The van der Waals surface area contributed by atoms with Crippen molar-refractivity contribution >= 4 is 11.5 Å². The third-order valence-electron chi connectivity index (χ3n) is 5.06. The first kappa shape index (κ1) is 21.7. The molecule has 0 aliphatic carbocycles. The lowest BCUT2D eigenvalue weighted by Crippen LogP contribution is -2.27. The number of nitriles is 1. The largest absolute Gasteiger partial charge is 0.416 e. The molecule has 1 aromatic rings. The number of anilines is 1. The fourth-order valence-corrected chi connectivity index (χ4v) is 3.38. The van der Waals surface area contributed by atoms with E-state index in [9.17, 15) is 18.0 Å². The molecular weight excluding hydrogens is 365 g/mol. The van der Waals surface area contributed by atoms with Crippen molar-refractivity contribution in [2.75, 3.05) is 11.4 Å². The van der Waals surface area contributed by atoms with Crippen LogP contribution in [0.5, 0.6) is 0 Å². The second-order valence-corrected chi connectivity index (χ2v) is 7.99. The molecule has 0 fully saturated rings. The van der Waals surface area contributed by atoms with Crippen LogP contribution in [0.2, 0.25) is 0 Å². The molecule has 28 heavy (non-hydrogen) atoms. The summed E-state index contributed by atoms with van der Waals surface area (Å²) < 4.78 is 39.7. The Hall–Kier alpha value is -2.55. The quantitative estimate of drug-likeness (QED) is 0.473. The highest BCUT2D eigenvalue weighted by molar-refractivity contribution is 5.97. The molecular formula is C22H25F3N2O. The van der Waals surface area contributed by atoms with Crippen LogP contribution in [0.1, 0.15) is 52.2 Å². The molecule has 0 N–H and O–H groups in total. The van der Waals surface area contributed by atoms with Gasteiger partial charge < -0.3 is 4.90 Å². The van der Waals surface area contributed by atoms with Gasteiger partial charge in [0.2, 0.25) is 0 Å². The highest BCUT2D eigenvalue weighted by Gasteiger charge is 2.42. The van der Waals surface area contributed by atoms with Crippen LogP contribution in [-0.4, -0.2) is 12.3 Å². The highest BCUT2D eigenvalue weighted by atomic mass is 19.4. The van der Waals surface area contributed by atoms with Gasteiger partial charge >= 0.3 is 6.18 Å². The van der Waals surface area contributed by atoms with E-state index in [1.165, 1.54) is 25.1 Å². The molecule has 1 aromatic carbocycles. The molecule has 1 aliphatic rings. The summed E-state index contributed by atoms with van der Waals surface area (Å²) in [4.78, 5) is 13.6. The van der Waals surface area contributed by atoms with Gasteiger partial charge in [0, 0.05) is 23.3 Å². The van der Waals surface area contributed by atoms with Crippen LogP contribution in [-0.2, 0) is 16.4 Å². The van der Waals surface area contributed by atoms with Crippen molar-refractivity contribution in [3.63, 3.8) is 0 Å². The number of benzene rings is 1. The van der Waals surface area contributed by atoms with E-state index in [2.05, 4.69) is 13.8 Å². The molecule has 0 spiro atoms. The minimum absolute atomic E-state index is 0.0130. The van der Waals surface area contributed by atoms with Crippen molar-refractivity contribution in [2.24, 2.45) is 5.92 Å². The van der Waals surface area contributed by atoms with Gasteiger partial charge in [-0.15, -0.1) is 0 Å². The Kier molecular flexibility index (Phi) is 6.08. The molecule has 3 nitrogen and oxygen atoms in total. The fraction of sp³-hybridized carbons (Fsp3) is 0.455. The first-order valence-corrected chi connectivity index (χ1v) is 9.22. The van der Waals surface area contributed by atoms with Crippen molar-refractivity contribution in [3.8, 4) is 6.07 Å². The average molecular weight is 390 g/mol. The van der Waals surface area contributed by atoms with Gasteiger partial charge in [-0.1, -0.05) is 27.7 Å². The number of allylic oxidation sites excluding steroid dienone is 4. The molecule has 0 radical (unpaired) electrons. The smallest absolute Gasteiger partial charge is 0.344 e. The number of hydrogen-bond donors (Lipinski definition) is 0. The van der Waals surface area contributed by atoms with E-state index in [1.807, 2.05) is 24.8 Å². The number of halogens is 3. The minimum atomic E-state index is -4.41. The third-order valence-corrected chi connectivity index (χ3v) is 5.06. The van der Waals surface area contributed by atoms with Crippen molar-refractivity contribution in [1.29, 1.82) is 5.26 Å². The standard InChI is InChI=1S/C22H25F3N2O/c1-14(2)10-11-27-19-8-7-17(22(23,24)25)12-18(19)21(4,5)20(27)9-6-16(13-26)15(3)28/h6-9,12,14H,10-11H2,1-5H3/b16-6+,20-9+. The molecule has 6 heteroatoms. The number of alkyl halides is 3. The summed E-state index contributed by atoms with van der Waals surface area (Å²) in [6.07, 6.45) is -0.413. The maximum atomic E-state index is 13.2. The van der Waals surface area contributed by atoms with Crippen molar-refractivity contribution in [1.82, 2.24) is 0 Å². The van der Waals surface area contributed by atoms with E-state index in [0.717, 1.165) is 23.9 Å². The van der Waals surface area contributed by atoms with E-state index in [4.69, 9.17) is 5.26 Å². The second kappa shape index (κ2) is 7.83. The number of hydrogen-bond acceptors (Lipinski definition) is 3. The zero-order valence-corrected chi connectivity index (χ0v) is 16.8. The lowest BCUT2D eigenvalue weighted by Gasteiger charge is -2.27. The molecule has 1 aliphatic heterocycles. The predicted molar refractivity (Wildman–Crippen MR) is 104 cm³/mol. The van der Waals surface area contributed by atoms with Gasteiger partial charge in [-0.25, -0.2) is 0 Å². The van der Waals surface area contributed by atoms with Crippen LogP contribution < -0.4 is 4.90 Å². The van der Waals surface area contributed by atoms with E-state index in [-0.39, 0.29) is 11.4 Å². The number of fused-ring (bicyclic) bond motifs is 1. The molecule has 0 atom stereocenters. The van der Waals surface area contributed by atoms with Crippen LogP contribution in [0.15, 0.2) is 41.6 Å². The van der Waals surface area contributed by atoms with Crippen LogP contribution in [0.4, 0.5) is 18.9 Å². The first-order valence-electron chi connectivity index (χ1n) is 9.22. The Labute approximate surface area is 164 Å². The van der Waals surface area contributed by atoms with E-state index >= 15 is 0 Å². The van der Waals surface area contributed by atoms with Gasteiger partial charge in [-0.05, 0) is 55.2 Å². The molecule has 0 aromatic heterocycles. The summed E-state index contributed by atoms with van der Waals surface area (Å²) in [6, 6.07) is 5.69. The monoisotopic (exact) mass is 390 g/mol. The number of rotatable bonds is 5. The molecule has 0 saturated carbocycles. The Balaban J connectivity index is 2.62. The van der Waals surface area contributed by atoms with Crippen LogP contribution in [0, 0.1) is 17.2 Å². The summed E-state index contributed by atoms with van der Waals surface area (Å²) >= 11 is 0. The van der Waals surface area contributed by atoms with Gasteiger partial charge in [0.15, 0.2) is 5.78 Å². The SMILES string of the molecule is CC(=O)/C(C#N)=C/C=C1/N(CCC(C)C)c2ccc(C(F)(F)F)cc2C1(C)C. The van der Waals surface area contributed by atoms with Crippen LogP contribution in [0.3, 0.4) is 0 Å². The Morgan fingerprint density at radius 1 is 1.32 bits per heavy atom. The van der Waals surface area contributed by atoms with Gasteiger partial charge in [0.1, 0.15) is 6.07 Å². The molecule has 2 rings (SSSR count). The molecule has 150 valence electrons. The van der Waals surface area contributed by atoms with E-state index < -0.39 is 17.2 Å². The Morgan fingerprint density at radius 3 is 2.46 bits per heavy atom. The normalized spacial score (nSPS) is 17.8. The fourth-order valence-electron chi connectivity index (χ4n) is 3.38. The maximum absolute atomic E-state index is 13.2. The van der Waals surface area contributed by atoms with Crippen molar-refractivity contribution < 1.29 is 18.0 Å². The molecule has 1 heterocycles. The number of carbonyl (C=O) groups excluding carboxylic acids is 1. The lowest BCUT2D eigenvalue weighted by molar-refractivity contribution is -0.137. The number of nitrogens with zero attached hydrogens (tertiary/aromatic N) is 2. The average Bonchev–Trinajstić information content (AvgIpc) is 2.79. The third kappa shape index (κ3) is 4.30. The number of ketones is 1. The molecule has 0 bridgehead atoms. The van der Waals surface area contributed by atoms with Gasteiger partial charge in [-0.2, -0.15) is 18.4 Å². The summed E-state index contributed by atoms with van der Waals surface area (Å²) in [6.45, 7) is 9.85. The second-order valence-electron chi connectivity index (χ2n) is 7.99. The predicted octanol–water partition coefficient (Wildman–Crippen LogP) is 5.77. The molecule has 0 saturated heterocycles. The number of Topliss-reactive ketones (excluding diaryl/α,β-unsaturated/α-hetero) is 1. The van der Waals surface area contributed by atoms with Gasteiger partial charge in [-0.3, -0.25) is 4.79 Å². The maximum Gasteiger partial charge on any atom is 0.416 e. The Morgan fingerprint density at radius 2 is 1.96 bits per heavy atom. The molecule has 0 unspecified atom stereocenters. The Bertz CT molecular complexity index is 871. The first-order chi connectivity index (χ1) is 12.9. The van der Waals surface area contributed by atoms with Crippen molar-refractivity contribution in [3.05, 3.63) is 52.7 Å². The van der Waals surface area contributed by atoms with Gasteiger partial charge in [0.05, 0.1) is 11.1 Å². The topological polar surface area (TPSA) is 44.1 Å². The molecule has 0 amide bonds. The summed E-state index contributed by atoms with van der Waals surface area (Å²) in [5, 5.41) is 9.14. The summed E-state index contributed by atoms with van der Waals surface area (Å²) in [5.41, 5.74) is 0.741. The van der Waals surface area contributed by atoms with Gasteiger partial charge in [0.25, 0.3) is 0 Å². The highest BCUT2D eigenvalue weighted by Crippen LogP contribution is 2.49. The van der Waals surface area contributed by atoms with Crippen LogP contribution >= 0.6 is 0 Å². The van der Waals surface area contributed by atoms with E-state index in [0.29, 0.717) is 18.0 Å².